The van der Waals surface area contributed by atoms with Gasteiger partial charge in [-0.2, -0.15) is 13.2 Å². The SMILES string of the molecule is CC(C)(C)OC(=O)N1CCC2(CC1)CN(Cc1ccc(C(F)(F)F)cn1)C(=O)C1(CC1)O2. The second-order valence-corrected chi connectivity index (χ2v) is 9.94. The van der Waals surface area contributed by atoms with Gasteiger partial charge in [0.2, 0.25) is 0 Å². The van der Waals surface area contributed by atoms with Crippen LogP contribution >= 0.6 is 0 Å². The molecule has 32 heavy (non-hydrogen) atoms. The summed E-state index contributed by atoms with van der Waals surface area (Å²) in [6.07, 6.45) is -1.67. The number of nitrogens with zero attached hydrogens (tertiary/aromatic N) is 3. The lowest BCUT2D eigenvalue weighted by Crippen LogP contribution is -2.63. The molecule has 0 bridgehead atoms. The topological polar surface area (TPSA) is 72.0 Å². The number of aromatic nitrogens is 1. The highest BCUT2D eigenvalue weighted by Crippen LogP contribution is 2.50. The Morgan fingerprint density at radius 3 is 2.31 bits per heavy atom. The van der Waals surface area contributed by atoms with E-state index in [-0.39, 0.29) is 18.5 Å². The highest BCUT2D eigenvalue weighted by Gasteiger charge is 2.62. The average Bonchev–Trinajstić information content (AvgIpc) is 3.45. The molecule has 10 heteroatoms. The molecule has 0 atom stereocenters. The number of rotatable bonds is 2. The van der Waals surface area contributed by atoms with Gasteiger partial charge in [-0.15, -0.1) is 0 Å². The molecular formula is C22H28F3N3O4. The number of amides is 2. The number of morpholine rings is 1. The van der Waals surface area contributed by atoms with Crippen LogP contribution in [0.3, 0.4) is 0 Å². The summed E-state index contributed by atoms with van der Waals surface area (Å²) in [5.74, 6) is -0.139. The molecule has 0 radical (unpaired) electrons. The first-order valence-electron chi connectivity index (χ1n) is 10.8. The number of likely N-dealkylation sites (tertiary alicyclic amines) is 1. The van der Waals surface area contributed by atoms with Crippen LogP contribution in [0.15, 0.2) is 18.3 Å². The molecule has 1 aliphatic carbocycles. The van der Waals surface area contributed by atoms with Gasteiger partial charge in [0.1, 0.15) is 11.2 Å². The smallest absolute Gasteiger partial charge is 0.417 e. The van der Waals surface area contributed by atoms with Crippen molar-refractivity contribution in [3.8, 4) is 0 Å². The lowest BCUT2D eigenvalue weighted by molar-refractivity contribution is -0.201. The first kappa shape index (κ1) is 22.8. The van der Waals surface area contributed by atoms with Crippen LogP contribution in [-0.2, 0) is 27.0 Å². The minimum atomic E-state index is -4.45. The van der Waals surface area contributed by atoms with Gasteiger partial charge in [0.25, 0.3) is 5.91 Å². The van der Waals surface area contributed by atoms with Crippen LogP contribution in [0.1, 0.15) is 57.7 Å². The molecule has 1 saturated carbocycles. The van der Waals surface area contributed by atoms with Crippen LogP contribution in [0.2, 0.25) is 0 Å². The summed E-state index contributed by atoms with van der Waals surface area (Å²) in [6, 6.07) is 2.29. The Morgan fingerprint density at radius 2 is 1.81 bits per heavy atom. The lowest BCUT2D eigenvalue weighted by atomic mass is 9.88. The molecule has 1 aromatic heterocycles. The normalized spacial score (nSPS) is 22.4. The van der Waals surface area contributed by atoms with E-state index in [1.165, 1.54) is 6.07 Å². The third-order valence-corrected chi connectivity index (χ3v) is 6.10. The number of hydrogen-bond acceptors (Lipinski definition) is 5. The minimum absolute atomic E-state index is 0.125. The maximum atomic E-state index is 13.0. The van der Waals surface area contributed by atoms with Crippen molar-refractivity contribution in [2.45, 2.75) is 76.0 Å². The maximum absolute atomic E-state index is 13.0. The third kappa shape index (κ3) is 4.69. The number of carbonyl (C=O) groups excluding carboxylic acids is 2. The summed E-state index contributed by atoms with van der Waals surface area (Å²) < 4.78 is 50.2. The quantitative estimate of drug-likeness (QED) is 0.679. The Labute approximate surface area is 184 Å². The summed E-state index contributed by atoms with van der Waals surface area (Å²) in [6.45, 7) is 6.79. The van der Waals surface area contributed by atoms with Gasteiger partial charge in [-0.3, -0.25) is 9.78 Å². The number of pyridine rings is 1. The monoisotopic (exact) mass is 455 g/mol. The van der Waals surface area contributed by atoms with Crippen molar-refractivity contribution < 1.29 is 32.2 Å². The molecular weight excluding hydrogens is 427 g/mol. The summed E-state index contributed by atoms with van der Waals surface area (Å²) in [5, 5.41) is 0. The van der Waals surface area contributed by atoms with Gasteiger partial charge < -0.3 is 19.3 Å². The van der Waals surface area contributed by atoms with E-state index in [1.54, 1.807) is 9.80 Å². The van der Waals surface area contributed by atoms with Crippen molar-refractivity contribution >= 4 is 12.0 Å². The fraction of sp³-hybridized carbons (Fsp3) is 0.682. The van der Waals surface area contributed by atoms with E-state index >= 15 is 0 Å². The van der Waals surface area contributed by atoms with Crippen LogP contribution in [0.4, 0.5) is 18.0 Å². The summed E-state index contributed by atoms with van der Waals surface area (Å²) in [5.41, 5.74) is -2.44. The van der Waals surface area contributed by atoms with Crippen molar-refractivity contribution in [1.82, 2.24) is 14.8 Å². The van der Waals surface area contributed by atoms with E-state index in [0.29, 0.717) is 51.0 Å². The fourth-order valence-corrected chi connectivity index (χ4v) is 4.32. The summed E-state index contributed by atoms with van der Waals surface area (Å²) in [7, 11) is 0. The molecule has 0 aromatic carbocycles. The number of halogens is 3. The molecule has 0 N–H and O–H groups in total. The van der Waals surface area contributed by atoms with Gasteiger partial charge >= 0.3 is 12.3 Å². The number of hydrogen-bond donors (Lipinski definition) is 0. The Bertz CT molecular complexity index is 883. The molecule has 2 amide bonds. The van der Waals surface area contributed by atoms with Crippen LogP contribution in [0, 0.1) is 0 Å². The summed E-state index contributed by atoms with van der Waals surface area (Å²) in [4.78, 5) is 32.6. The second kappa shape index (κ2) is 7.60. The average molecular weight is 455 g/mol. The number of ether oxygens (including phenoxy) is 2. The van der Waals surface area contributed by atoms with Crippen molar-refractivity contribution in [2.75, 3.05) is 19.6 Å². The van der Waals surface area contributed by atoms with E-state index in [1.807, 2.05) is 20.8 Å². The molecule has 3 aliphatic rings. The van der Waals surface area contributed by atoms with E-state index in [4.69, 9.17) is 9.47 Å². The Kier molecular flexibility index (Phi) is 5.42. The molecule has 3 heterocycles. The van der Waals surface area contributed by atoms with Crippen LogP contribution in [-0.4, -0.2) is 63.2 Å². The first-order valence-corrected chi connectivity index (χ1v) is 10.8. The Balaban J connectivity index is 1.45. The van der Waals surface area contributed by atoms with Gasteiger partial charge in [-0.25, -0.2) is 4.79 Å². The van der Waals surface area contributed by atoms with Gasteiger partial charge in [0.15, 0.2) is 0 Å². The van der Waals surface area contributed by atoms with Crippen molar-refractivity contribution in [3.63, 3.8) is 0 Å². The zero-order valence-electron chi connectivity index (χ0n) is 18.5. The molecule has 2 saturated heterocycles. The minimum Gasteiger partial charge on any atom is -0.444 e. The molecule has 0 unspecified atom stereocenters. The fourth-order valence-electron chi connectivity index (χ4n) is 4.32. The molecule has 1 aromatic rings. The molecule has 2 spiro atoms. The Hall–Kier alpha value is -2.36. The summed E-state index contributed by atoms with van der Waals surface area (Å²) >= 11 is 0. The van der Waals surface area contributed by atoms with E-state index in [2.05, 4.69) is 4.98 Å². The molecule has 4 rings (SSSR count). The van der Waals surface area contributed by atoms with E-state index in [9.17, 15) is 22.8 Å². The van der Waals surface area contributed by atoms with Gasteiger partial charge in [-0.05, 0) is 58.6 Å². The highest BCUT2D eigenvalue weighted by atomic mass is 19.4. The molecule has 176 valence electrons. The first-order chi connectivity index (χ1) is 14.8. The Morgan fingerprint density at radius 1 is 1.16 bits per heavy atom. The zero-order chi connectivity index (χ0) is 23.4. The van der Waals surface area contributed by atoms with Gasteiger partial charge in [0, 0.05) is 19.3 Å². The van der Waals surface area contributed by atoms with E-state index < -0.39 is 28.5 Å². The molecule has 3 fully saturated rings. The van der Waals surface area contributed by atoms with Gasteiger partial charge in [-0.1, -0.05) is 0 Å². The number of carbonyl (C=O) groups is 2. The lowest BCUT2D eigenvalue weighted by Gasteiger charge is -2.49. The standard InChI is InChI=1S/C22H28F3N3O4/c1-19(2,3)31-18(30)27-10-8-20(9-11-27)14-28(17(29)21(32-20)6-7-21)13-16-5-4-15(12-26-16)22(23,24)25/h4-5,12H,6-11,13-14H2,1-3H3. The van der Waals surface area contributed by atoms with Crippen LogP contribution in [0.25, 0.3) is 0 Å². The van der Waals surface area contributed by atoms with Crippen molar-refractivity contribution in [1.29, 1.82) is 0 Å². The van der Waals surface area contributed by atoms with Crippen molar-refractivity contribution in [3.05, 3.63) is 29.6 Å². The highest BCUT2D eigenvalue weighted by molar-refractivity contribution is 5.89. The zero-order valence-corrected chi connectivity index (χ0v) is 18.5. The van der Waals surface area contributed by atoms with Crippen LogP contribution < -0.4 is 0 Å². The largest absolute Gasteiger partial charge is 0.444 e. The molecule has 2 aliphatic heterocycles. The van der Waals surface area contributed by atoms with Gasteiger partial charge in [0.05, 0.1) is 29.9 Å². The maximum Gasteiger partial charge on any atom is 0.417 e. The third-order valence-electron chi connectivity index (χ3n) is 6.10. The second-order valence-electron chi connectivity index (χ2n) is 9.94. The van der Waals surface area contributed by atoms with Crippen LogP contribution in [0.5, 0.6) is 0 Å². The van der Waals surface area contributed by atoms with E-state index in [0.717, 1.165) is 12.3 Å². The van der Waals surface area contributed by atoms with Crippen molar-refractivity contribution in [2.24, 2.45) is 0 Å². The predicted molar refractivity (Wildman–Crippen MR) is 107 cm³/mol. The number of piperidine rings is 1. The predicted octanol–water partition coefficient (Wildman–Crippen LogP) is 3.76. The molecule has 7 nitrogen and oxygen atoms in total. The number of alkyl halides is 3.